The van der Waals surface area contributed by atoms with Crippen LogP contribution in [0.5, 0.6) is 0 Å². The Kier molecular flexibility index (Phi) is 7.70. The number of nitro benzene ring substituents is 2. The molecule has 13 heteroatoms. The molecule has 139 valence electrons. The molecule has 10 nitrogen and oxygen atoms in total. The molecule has 0 spiro atoms. The van der Waals surface area contributed by atoms with Crippen LogP contribution in [0.4, 0.5) is 11.4 Å². The predicted molar refractivity (Wildman–Crippen MR) is 98.7 cm³/mol. The second-order valence-corrected chi connectivity index (χ2v) is 6.93. The molecule has 0 aliphatic carbocycles. The molecule has 3 radical (unpaired) electrons. The van der Waals surface area contributed by atoms with Gasteiger partial charge >= 0.3 is 11.9 Å². The highest BCUT2D eigenvalue weighted by Gasteiger charge is 2.22. The second kappa shape index (κ2) is 9.31. The Bertz CT molecular complexity index is 862. The molecule has 0 saturated carbocycles. The fourth-order valence-electron chi connectivity index (χ4n) is 1.89. The monoisotopic (exact) mass is 427 g/mol. The standard InChI is InChI=1S/C14H8N2O8S2.P/c17-13(18)9-5-7(1-3-11(9)15(21)22)25-26-8-2-4-12(16(23)24)10(6-8)14(19)20;/h1-6H,(H,17,18)(H,19,20);. The van der Waals surface area contributed by atoms with E-state index in [2.05, 4.69) is 0 Å². The van der Waals surface area contributed by atoms with E-state index in [1.165, 1.54) is 12.1 Å². The Labute approximate surface area is 162 Å². The molecule has 0 unspecified atom stereocenters. The zero-order valence-corrected chi connectivity index (χ0v) is 15.5. The van der Waals surface area contributed by atoms with Gasteiger partial charge in [-0.1, -0.05) is 21.6 Å². The third kappa shape index (κ3) is 5.39. The van der Waals surface area contributed by atoms with Crippen molar-refractivity contribution >= 4 is 54.8 Å². The fourth-order valence-corrected chi connectivity index (χ4v) is 3.86. The number of hydrogen-bond donors (Lipinski definition) is 2. The van der Waals surface area contributed by atoms with Gasteiger partial charge in [0.25, 0.3) is 11.4 Å². The summed E-state index contributed by atoms with van der Waals surface area (Å²) in [5, 5.41) is 39.8. The predicted octanol–water partition coefficient (Wildman–Crippen LogP) is 4.56. The summed E-state index contributed by atoms with van der Waals surface area (Å²) in [4.78, 5) is 43.1. The van der Waals surface area contributed by atoms with Crippen LogP contribution in [0.2, 0.25) is 0 Å². The van der Waals surface area contributed by atoms with Gasteiger partial charge in [-0.2, -0.15) is 0 Å². The first-order valence-corrected chi connectivity index (χ1v) is 8.73. The van der Waals surface area contributed by atoms with E-state index in [4.69, 9.17) is 10.2 Å². The van der Waals surface area contributed by atoms with Gasteiger partial charge in [0, 0.05) is 31.8 Å². The zero-order valence-electron chi connectivity index (χ0n) is 13.0. The van der Waals surface area contributed by atoms with Crippen LogP contribution >= 0.6 is 31.5 Å². The van der Waals surface area contributed by atoms with Crippen molar-refractivity contribution in [3.05, 3.63) is 67.8 Å². The average Bonchev–Trinajstić information content (AvgIpc) is 2.59. The second-order valence-electron chi connectivity index (χ2n) is 4.65. The first-order chi connectivity index (χ1) is 12.2. The van der Waals surface area contributed by atoms with E-state index in [0.717, 1.165) is 45.9 Å². The van der Waals surface area contributed by atoms with Gasteiger partial charge in [0.2, 0.25) is 0 Å². The summed E-state index contributed by atoms with van der Waals surface area (Å²) >= 11 is 0. The molecule has 2 aromatic carbocycles. The minimum atomic E-state index is -1.45. The number of benzene rings is 2. The summed E-state index contributed by atoms with van der Waals surface area (Å²) in [6, 6.07) is 7.08. The molecule has 0 saturated heterocycles. The number of nitrogens with zero attached hydrogens (tertiary/aromatic N) is 2. The van der Waals surface area contributed by atoms with Crippen molar-refractivity contribution in [1.82, 2.24) is 0 Å². The van der Waals surface area contributed by atoms with Crippen molar-refractivity contribution in [1.29, 1.82) is 0 Å². The van der Waals surface area contributed by atoms with E-state index in [9.17, 15) is 29.8 Å². The number of carbonyl (C=O) groups is 2. The molecule has 2 aromatic rings. The normalized spacial score (nSPS) is 9.93. The van der Waals surface area contributed by atoms with Crippen molar-refractivity contribution < 1.29 is 29.6 Å². The van der Waals surface area contributed by atoms with Crippen LogP contribution < -0.4 is 0 Å². The Morgan fingerprint density at radius 1 is 0.778 bits per heavy atom. The SMILES string of the molecule is O=C(O)c1cc(SSc2ccc([N+](=O)[O-])c(C(=O)O)c2)ccc1[N+](=O)[O-].[P]. The molecule has 0 atom stereocenters. The molecule has 2 N–H and O–H groups in total. The number of carboxylic acid groups (broad SMARTS) is 2. The van der Waals surface area contributed by atoms with Gasteiger partial charge in [-0.15, -0.1) is 0 Å². The highest BCUT2D eigenvalue weighted by molar-refractivity contribution is 8.76. The molecular formula is C14H8N2O8PS2. The molecule has 0 aliphatic rings. The quantitative estimate of drug-likeness (QED) is 0.277. The van der Waals surface area contributed by atoms with E-state index in [-0.39, 0.29) is 9.90 Å². The highest BCUT2D eigenvalue weighted by Crippen LogP contribution is 2.40. The molecule has 0 aromatic heterocycles. The summed E-state index contributed by atoms with van der Waals surface area (Å²) in [6.07, 6.45) is 0. The van der Waals surface area contributed by atoms with Crippen LogP contribution in [0.1, 0.15) is 20.7 Å². The first kappa shape index (κ1) is 22.4. The van der Waals surface area contributed by atoms with Crippen LogP contribution in [-0.4, -0.2) is 32.0 Å². The van der Waals surface area contributed by atoms with Crippen molar-refractivity contribution in [3.63, 3.8) is 0 Å². The molecular weight excluding hydrogens is 419 g/mol. The van der Waals surface area contributed by atoms with Gasteiger partial charge in [-0.25, -0.2) is 9.59 Å². The number of hydrogen-bond acceptors (Lipinski definition) is 8. The fraction of sp³-hybridized carbons (Fsp3) is 0. The largest absolute Gasteiger partial charge is 0.477 e. The van der Waals surface area contributed by atoms with Gasteiger partial charge in [0.05, 0.1) is 9.85 Å². The number of aromatic carboxylic acids is 2. The smallest absolute Gasteiger partial charge is 0.342 e. The lowest BCUT2D eigenvalue weighted by Gasteiger charge is -2.05. The maximum atomic E-state index is 11.1. The minimum Gasteiger partial charge on any atom is -0.477 e. The van der Waals surface area contributed by atoms with Crippen LogP contribution in [0.15, 0.2) is 46.2 Å². The van der Waals surface area contributed by atoms with E-state index in [1.807, 2.05) is 0 Å². The lowest BCUT2D eigenvalue weighted by molar-refractivity contribution is -0.385. The van der Waals surface area contributed by atoms with E-state index < -0.39 is 44.3 Å². The minimum absolute atomic E-state index is 0. The summed E-state index contributed by atoms with van der Waals surface area (Å²) in [6.45, 7) is 0. The third-order valence-corrected chi connectivity index (χ3v) is 5.41. The lowest BCUT2D eigenvalue weighted by Crippen LogP contribution is -2.02. The van der Waals surface area contributed by atoms with Gasteiger partial charge in [0.15, 0.2) is 0 Å². The molecule has 0 bridgehead atoms. The average molecular weight is 427 g/mol. The van der Waals surface area contributed by atoms with E-state index in [0.29, 0.717) is 9.79 Å². The summed E-state index contributed by atoms with van der Waals surface area (Å²) in [7, 11) is 2.06. The highest BCUT2D eigenvalue weighted by atomic mass is 33.1. The zero-order chi connectivity index (χ0) is 19.4. The maximum absolute atomic E-state index is 11.1. The molecule has 2 rings (SSSR count). The van der Waals surface area contributed by atoms with Crippen molar-refractivity contribution in [2.24, 2.45) is 0 Å². The Morgan fingerprint density at radius 3 is 1.37 bits per heavy atom. The van der Waals surface area contributed by atoms with Gasteiger partial charge in [-0.05, 0) is 24.3 Å². The van der Waals surface area contributed by atoms with E-state index in [1.54, 1.807) is 0 Å². The van der Waals surface area contributed by atoms with Gasteiger partial charge in [-0.3, -0.25) is 20.2 Å². The summed E-state index contributed by atoms with van der Waals surface area (Å²) in [5.41, 5.74) is -2.04. The van der Waals surface area contributed by atoms with E-state index >= 15 is 0 Å². The Morgan fingerprint density at radius 2 is 1.11 bits per heavy atom. The van der Waals surface area contributed by atoms with Crippen LogP contribution in [0.25, 0.3) is 0 Å². The molecule has 0 fully saturated rings. The topological polar surface area (TPSA) is 161 Å². The van der Waals surface area contributed by atoms with Crippen molar-refractivity contribution in [2.75, 3.05) is 0 Å². The third-order valence-electron chi connectivity index (χ3n) is 3.02. The van der Waals surface area contributed by atoms with Crippen LogP contribution in [-0.2, 0) is 0 Å². The number of rotatable bonds is 7. The van der Waals surface area contributed by atoms with Crippen molar-refractivity contribution in [3.8, 4) is 0 Å². The first-order valence-electron chi connectivity index (χ1n) is 6.58. The molecule has 0 heterocycles. The Balaban J connectivity index is 0.00000364. The van der Waals surface area contributed by atoms with Gasteiger partial charge < -0.3 is 10.2 Å². The molecule has 27 heavy (non-hydrogen) atoms. The number of carboxylic acids is 2. The number of nitro groups is 2. The summed E-state index contributed by atoms with van der Waals surface area (Å²) < 4.78 is 0. The lowest BCUT2D eigenvalue weighted by atomic mass is 10.2. The van der Waals surface area contributed by atoms with Crippen LogP contribution in [0.3, 0.4) is 0 Å². The molecule has 0 aliphatic heterocycles. The maximum Gasteiger partial charge on any atom is 0.342 e. The summed E-state index contributed by atoms with van der Waals surface area (Å²) in [5.74, 6) is -2.90. The Hall–Kier alpha value is -2.69. The van der Waals surface area contributed by atoms with Crippen LogP contribution in [0, 0.1) is 20.2 Å². The van der Waals surface area contributed by atoms with Gasteiger partial charge in [0.1, 0.15) is 11.1 Å². The molecule has 0 amide bonds. The van der Waals surface area contributed by atoms with Crippen molar-refractivity contribution in [2.45, 2.75) is 9.79 Å².